The van der Waals surface area contributed by atoms with Crippen molar-refractivity contribution in [3.63, 3.8) is 0 Å². The van der Waals surface area contributed by atoms with E-state index in [1.165, 1.54) is 11.1 Å². The summed E-state index contributed by atoms with van der Waals surface area (Å²) in [5.74, 6) is 0. The smallest absolute Gasteiger partial charge is 0.125 e. The van der Waals surface area contributed by atoms with Crippen LogP contribution in [0.5, 0.6) is 0 Å². The summed E-state index contributed by atoms with van der Waals surface area (Å²) in [5, 5.41) is 0. The lowest BCUT2D eigenvalue weighted by atomic mass is 9.89. The van der Waals surface area contributed by atoms with Gasteiger partial charge < -0.3 is 0 Å². The fourth-order valence-corrected chi connectivity index (χ4v) is 2.94. The van der Waals surface area contributed by atoms with E-state index >= 15 is 0 Å². The molecule has 2 aromatic carbocycles. The molecule has 0 radical (unpaired) electrons. The number of nitrogens with zero attached hydrogens (tertiary/aromatic N) is 2. The van der Waals surface area contributed by atoms with Gasteiger partial charge in [0.1, 0.15) is 5.66 Å². The van der Waals surface area contributed by atoms with E-state index in [1.54, 1.807) is 0 Å². The predicted molar refractivity (Wildman–Crippen MR) is 81.0 cm³/mol. The molecule has 0 heterocycles. The molecular weight excluding hydrogens is 232 g/mol. The van der Waals surface area contributed by atoms with Gasteiger partial charge >= 0.3 is 0 Å². The fraction of sp³-hybridized carbons (Fsp3) is 0.294. The molecule has 0 aromatic heterocycles. The maximum absolute atomic E-state index is 2.26. The fourth-order valence-electron chi connectivity index (χ4n) is 2.94. The Kier molecular flexibility index (Phi) is 4.03. The van der Waals surface area contributed by atoms with E-state index in [-0.39, 0.29) is 5.66 Å². The number of benzene rings is 2. The van der Waals surface area contributed by atoms with Gasteiger partial charge in [0.25, 0.3) is 0 Å². The molecule has 2 rings (SSSR count). The van der Waals surface area contributed by atoms with Crippen LogP contribution >= 0.6 is 0 Å². The molecule has 0 aliphatic heterocycles. The Hall–Kier alpha value is -1.64. The van der Waals surface area contributed by atoms with E-state index < -0.39 is 0 Å². The highest BCUT2D eigenvalue weighted by atomic mass is 15.4. The van der Waals surface area contributed by atoms with Gasteiger partial charge in [-0.25, -0.2) is 0 Å². The molecule has 2 aromatic rings. The van der Waals surface area contributed by atoms with Gasteiger partial charge in [0.2, 0.25) is 0 Å². The van der Waals surface area contributed by atoms with Crippen molar-refractivity contribution in [2.75, 3.05) is 28.2 Å². The minimum atomic E-state index is -0.247. The molecule has 0 spiro atoms. The van der Waals surface area contributed by atoms with Crippen LogP contribution in [0.1, 0.15) is 11.1 Å². The SMILES string of the molecule is CN(C)C(c1ccccc1)(c1ccccc1)N(C)C. The second kappa shape index (κ2) is 5.55. The second-order valence-electron chi connectivity index (χ2n) is 5.19. The lowest BCUT2D eigenvalue weighted by Gasteiger charge is -2.46. The van der Waals surface area contributed by atoms with Gasteiger partial charge in [-0.2, -0.15) is 0 Å². The van der Waals surface area contributed by atoms with Crippen LogP contribution in [0.25, 0.3) is 0 Å². The highest BCUT2D eigenvalue weighted by Crippen LogP contribution is 2.35. The summed E-state index contributed by atoms with van der Waals surface area (Å²) in [6, 6.07) is 21.3. The summed E-state index contributed by atoms with van der Waals surface area (Å²) in [7, 11) is 8.50. The number of hydrogen-bond acceptors (Lipinski definition) is 2. The summed E-state index contributed by atoms with van der Waals surface area (Å²) in [6.07, 6.45) is 0. The molecule has 0 atom stereocenters. The van der Waals surface area contributed by atoms with Gasteiger partial charge in [0.15, 0.2) is 0 Å². The van der Waals surface area contributed by atoms with Gasteiger partial charge in [-0.15, -0.1) is 0 Å². The zero-order chi connectivity index (χ0) is 13.9. The third kappa shape index (κ3) is 2.29. The normalized spacial score (nSPS) is 12.1. The number of rotatable bonds is 4. The Labute approximate surface area is 116 Å². The van der Waals surface area contributed by atoms with E-state index in [0.29, 0.717) is 0 Å². The molecule has 0 N–H and O–H groups in total. The minimum absolute atomic E-state index is 0.247. The molecule has 0 unspecified atom stereocenters. The van der Waals surface area contributed by atoms with Crippen LogP contribution in [0.2, 0.25) is 0 Å². The highest BCUT2D eigenvalue weighted by molar-refractivity contribution is 5.37. The van der Waals surface area contributed by atoms with Crippen molar-refractivity contribution in [3.05, 3.63) is 71.8 Å². The average molecular weight is 254 g/mol. The van der Waals surface area contributed by atoms with Crippen molar-refractivity contribution >= 4 is 0 Å². The molecule has 0 bridgehead atoms. The van der Waals surface area contributed by atoms with Gasteiger partial charge in [0, 0.05) is 0 Å². The molecule has 100 valence electrons. The first-order chi connectivity index (χ1) is 9.10. The van der Waals surface area contributed by atoms with Crippen LogP contribution in [-0.2, 0) is 5.66 Å². The van der Waals surface area contributed by atoms with Gasteiger partial charge in [-0.3, -0.25) is 9.80 Å². The third-order valence-electron chi connectivity index (χ3n) is 3.65. The largest absolute Gasteiger partial charge is 0.284 e. The monoisotopic (exact) mass is 254 g/mol. The van der Waals surface area contributed by atoms with Crippen LogP contribution in [0.15, 0.2) is 60.7 Å². The van der Waals surface area contributed by atoms with Crippen molar-refractivity contribution in [1.29, 1.82) is 0 Å². The first kappa shape index (κ1) is 13.8. The molecule has 0 fully saturated rings. The predicted octanol–water partition coefficient (Wildman–Crippen LogP) is 3.01. The Morgan fingerprint density at radius 3 is 1.16 bits per heavy atom. The average Bonchev–Trinajstić information content (AvgIpc) is 2.41. The maximum atomic E-state index is 2.26. The summed E-state index contributed by atoms with van der Waals surface area (Å²) in [6.45, 7) is 0. The minimum Gasteiger partial charge on any atom is -0.284 e. The maximum Gasteiger partial charge on any atom is 0.125 e. The molecule has 2 heteroatoms. The van der Waals surface area contributed by atoms with E-state index in [9.17, 15) is 0 Å². The molecule has 2 nitrogen and oxygen atoms in total. The van der Waals surface area contributed by atoms with Crippen LogP contribution in [0.3, 0.4) is 0 Å². The first-order valence-electron chi connectivity index (χ1n) is 6.56. The van der Waals surface area contributed by atoms with Gasteiger partial charge in [-0.1, -0.05) is 60.7 Å². The lowest BCUT2D eigenvalue weighted by molar-refractivity contribution is 0.0395. The van der Waals surface area contributed by atoms with Crippen LogP contribution in [-0.4, -0.2) is 38.0 Å². The zero-order valence-corrected chi connectivity index (χ0v) is 12.2. The van der Waals surface area contributed by atoms with E-state index in [0.717, 1.165) is 0 Å². The van der Waals surface area contributed by atoms with Crippen LogP contribution in [0.4, 0.5) is 0 Å². The van der Waals surface area contributed by atoms with E-state index in [2.05, 4.69) is 98.7 Å². The van der Waals surface area contributed by atoms with Crippen molar-refractivity contribution in [2.45, 2.75) is 5.66 Å². The van der Waals surface area contributed by atoms with E-state index in [1.807, 2.05) is 0 Å². The van der Waals surface area contributed by atoms with Gasteiger partial charge in [-0.05, 0) is 39.3 Å². The summed E-state index contributed by atoms with van der Waals surface area (Å²) in [4.78, 5) is 4.52. The Morgan fingerprint density at radius 2 is 0.895 bits per heavy atom. The highest BCUT2D eigenvalue weighted by Gasteiger charge is 2.38. The van der Waals surface area contributed by atoms with Crippen LogP contribution in [0, 0.1) is 0 Å². The van der Waals surface area contributed by atoms with Crippen molar-refractivity contribution in [2.24, 2.45) is 0 Å². The second-order valence-corrected chi connectivity index (χ2v) is 5.19. The molecular formula is C17H22N2. The lowest BCUT2D eigenvalue weighted by Crippen LogP contribution is -2.53. The first-order valence-corrected chi connectivity index (χ1v) is 6.56. The summed E-state index contributed by atoms with van der Waals surface area (Å²) >= 11 is 0. The Balaban J connectivity index is 2.69. The van der Waals surface area contributed by atoms with Gasteiger partial charge in [0.05, 0.1) is 0 Å². The Morgan fingerprint density at radius 1 is 0.579 bits per heavy atom. The molecule has 19 heavy (non-hydrogen) atoms. The molecule has 0 aliphatic rings. The van der Waals surface area contributed by atoms with Crippen molar-refractivity contribution in [1.82, 2.24) is 9.80 Å². The molecule has 0 saturated carbocycles. The Bertz CT molecular complexity index is 454. The summed E-state index contributed by atoms with van der Waals surface area (Å²) in [5.41, 5.74) is 2.30. The quantitative estimate of drug-likeness (QED) is 0.774. The van der Waals surface area contributed by atoms with Crippen molar-refractivity contribution in [3.8, 4) is 0 Å². The standard InChI is InChI=1S/C17H22N2/c1-18(2)17(19(3)4,15-11-7-5-8-12-15)16-13-9-6-10-14-16/h5-14H,1-4H3. The molecule has 0 saturated heterocycles. The topological polar surface area (TPSA) is 6.48 Å². The van der Waals surface area contributed by atoms with Crippen LogP contribution < -0.4 is 0 Å². The van der Waals surface area contributed by atoms with E-state index in [4.69, 9.17) is 0 Å². The number of hydrogen-bond donors (Lipinski definition) is 0. The zero-order valence-electron chi connectivity index (χ0n) is 12.2. The molecule has 0 aliphatic carbocycles. The molecule has 0 amide bonds. The van der Waals surface area contributed by atoms with Crippen molar-refractivity contribution < 1.29 is 0 Å². The third-order valence-corrected chi connectivity index (χ3v) is 3.65. The summed E-state index contributed by atoms with van der Waals surface area (Å²) < 4.78 is 0.